The van der Waals surface area contributed by atoms with E-state index in [0.29, 0.717) is 25.6 Å². The molecule has 0 aliphatic heterocycles. The highest BCUT2D eigenvalue weighted by Gasteiger charge is 2.24. The zero-order valence-corrected chi connectivity index (χ0v) is 10.8. The van der Waals surface area contributed by atoms with E-state index >= 15 is 0 Å². The highest BCUT2D eigenvalue weighted by atomic mass is 16.6. The van der Waals surface area contributed by atoms with Crippen LogP contribution in [0.4, 0.5) is 5.69 Å². The van der Waals surface area contributed by atoms with Gasteiger partial charge in [-0.1, -0.05) is 0 Å². The van der Waals surface area contributed by atoms with E-state index in [4.69, 9.17) is 14.2 Å². The lowest BCUT2D eigenvalue weighted by Gasteiger charge is -2.11. The summed E-state index contributed by atoms with van der Waals surface area (Å²) in [6.45, 7) is 6.50. The van der Waals surface area contributed by atoms with Crippen LogP contribution in [0.5, 0.6) is 17.2 Å². The van der Waals surface area contributed by atoms with Crippen molar-refractivity contribution in [3.8, 4) is 17.2 Å². The van der Waals surface area contributed by atoms with Gasteiger partial charge in [0.2, 0.25) is 11.5 Å². The largest absolute Gasteiger partial charge is 0.494 e. The molecule has 6 nitrogen and oxygen atoms in total. The Hall–Kier alpha value is -1.98. The number of hydrogen-bond donors (Lipinski definition) is 0. The van der Waals surface area contributed by atoms with Crippen LogP contribution in [0, 0.1) is 10.1 Å². The maximum absolute atomic E-state index is 11.1. The molecule has 100 valence electrons. The zero-order valence-electron chi connectivity index (χ0n) is 10.8. The van der Waals surface area contributed by atoms with Crippen LogP contribution < -0.4 is 14.2 Å². The van der Waals surface area contributed by atoms with E-state index in [9.17, 15) is 10.1 Å². The van der Waals surface area contributed by atoms with Crippen molar-refractivity contribution in [1.29, 1.82) is 0 Å². The molecular formula is C12H17NO5. The van der Waals surface area contributed by atoms with Gasteiger partial charge in [-0.2, -0.15) is 0 Å². The first-order chi connectivity index (χ1) is 8.63. The molecule has 0 saturated carbocycles. The fourth-order valence-corrected chi connectivity index (χ4v) is 1.52. The second-order valence-electron chi connectivity index (χ2n) is 3.32. The van der Waals surface area contributed by atoms with Gasteiger partial charge in [0.25, 0.3) is 0 Å². The summed E-state index contributed by atoms with van der Waals surface area (Å²) < 4.78 is 15.9. The number of benzene rings is 1. The van der Waals surface area contributed by atoms with Gasteiger partial charge >= 0.3 is 5.69 Å². The van der Waals surface area contributed by atoms with E-state index in [0.717, 1.165) is 0 Å². The molecule has 0 amide bonds. The van der Waals surface area contributed by atoms with Gasteiger partial charge in [0.15, 0.2) is 0 Å². The van der Waals surface area contributed by atoms with Gasteiger partial charge in [0.1, 0.15) is 5.75 Å². The molecule has 18 heavy (non-hydrogen) atoms. The van der Waals surface area contributed by atoms with Crippen LogP contribution in [0.1, 0.15) is 20.8 Å². The number of hydrogen-bond acceptors (Lipinski definition) is 5. The SMILES string of the molecule is CCOc1cc(OCC)c([N+](=O)[O-])c(OCC)c1. The average Bonchev–Trinajstić information content (AvgIpc) is 2.29. The summed E-state index contributed by atoms with van der Waals surface area (Å²) in [7, 11) is 0. The summed E-state index contributed by atoms with van der Waals surface area (Å²) in [6, 6.07) is 3.02. The van der Waals surface area contributed by atoms with E-state index in [2.05, 4.69) is 0 Å². The minimum Gasteiger partial charge on any atom is -0.494 e. The lowest BCUT2D eigenvalue weighted by molar-refractivity contribution is -0.386. The lowest BCUT2D eigenvalue weighted by atomic mass is 10.2. The third kappa shape index (κ3) is 3.26. The van der Waals surface area contributed by atoms with Crippen molar-refractivity contribution in [3.63, 3.8) is 0 Å². The van der Waals surface area contributed by atoms with Crippen molar-refractivity contribution < 1.29 is 19.1 Å². The van der Waals surface area contributed by atoms with E-state index in [1.54, 1.807) is 13.8 Å². The highest BCUT2D eigenvalue weighted by Crippen LogP contribution is 2.40. The van der Waals surface area contributed by atoms with Crippen molar-refractivity contribution in [3.05, 3.63) is 22.2 Å². The predicted molar refractivity (Wildman–Crippen MR) is 66.6 cm³/mol. The Kier molecular flexibility index (Phi) is 5.23. The molecule has 1 aromatic carbocycles. The van der Waals surface area contributed by atoms with Crippen molar-refractivity contribution in [2.75, 3.05) is 19.8 Å². The normalized spacial score (nSPS) is 9.94. The second kappa shape index (κ2) is 6.68. The van der Waals surface area contributed by atoms with E-state index in [1.807, 2.05) is 6.92 Å². The molecule has 0 heterocycles. The second-order valence-corrected chi connectivity index (χ2v) is 3.32. The van der Waals surface area contributed by atoms with Gasteiger partial charge in [0.05, 0.1) is 24.7 Å². The molecule has 1 rings (SSSR count). The molecule has 0 aliphatic rings. The predicted octanol–water partition coefficient (Wildman–Crippen LogP) is 2.79. The number of ether oxygens (including phenoxy) is 3. The van der Waals surface area contributed by atoms with Crippen LogP contribution in [0.25, 0.3) is 0 Å². The zero-order chi connectivity index (χ0) is 13.5. The Morgan fingerprint density at radius 2 is 1.44 bits per heavy atom. The van der Waals surface area contributed by atoms with Gasteiger partial charge in [0, 0.05) is 12.1 Å². The maximum atomic E-state index is 11.1. The maximum Gasteiger partial charge on any atom is 0.352 e. The van der Waals surface area contributed by atoms with Crippen LogP contribution in [-0.4, -0.2) is 24.7 Å². The van der Waals surface area contributed by atoms with E-state index < -0.39 is 4.92 Å². The molecule has 6 heteroatoms. The quantitative estimate of drug-likeness (QED) is 0.553. The first-order valence-electron chi connectivity index (χ1n) is 5.84. The van der Waals surface area contributed by atoms with Crippen molar-refractivity contribution >= 4 is 5.69 Å². The number of rotatable bonds is 7. The minimum absolute atomic E-state index is 0.164. The Bertz CT molecular complexity index is 392. The molecule has 1 aromatic rings. The van der Waals surface area contributed by atoms with Gasteiger partial charge < -0.3 is 14.2 Å². The highest BCUT2D eigenvalue weighted by molar-refractivity contribution is 5.61. The molecule has 0 fully saturated rings. The first-order valence-corrected chi connectivity index (χ1v) is 5.84. The topological polar surface area (TPSA) is 70.8 Å². The van der Waals surface area contributed by atoms with E-state index in [1.165, 1.54) is 12.1 Å². The van der Waals surface area contributed by atoms with Crippen LogP contribution in [0.2, 0.25) is 0 Å². The third-order valence-corrected chi connectivity index (χ3v) is 2.11. The number of nitro groups is 1. The van der Waals surface area contributed by atoms with Crippen molar-refractivity contribution in [2.24, 2.45) is 0 Å². The minimum atomic E-state index is -0.508. The average molecular weight is 255 g/mol. The van der Waals surface area contributed by atoms with Crippen LogP contribution >= 0.6 is 0 Å². The molecule has 0 bridgehead atoms. The first kappa shape index (κ1) is 14.1. The Morgan fingerprint density at radius 1 is 1.00 bits per heavy atom. The summed E-state index contributed by atoms with van der Waals surface area (Å²) in [5.41, 5.74) is -0.165. The van der Waals surface area contributed by atoms with Gasteiger partial charge in [-0.15, -0.1) is 0 Å². The fourth-order valence-electron chi connectivity index (χ4n) is 1.52. The Balaban J connectivity index is 3.29. The van der Waals surface area contributed by atoms with Crippen molar-refractivity contribution in [1.82, 2.24) is 0 Å². The molecule has 0 atom stereocenters. The molecule has 0 N–H and O–H groups in total. The van der Waals surface area contributed by atoms with Crippen molar-refractivity contribution in [2.45, 2.75) is 20.8 Å². The van der Waals surface area contributed by atoms with Crippen LogP contribution in [-0.2, 0) is 0 Å². The smallest absolute Gasteiger partial charge is 0.352 e. The van der Waals surface area contributed by atoms with Gasteiger partial charge in [-0.25, -0.2) is 0 Å². The van der Waals surface area contributed by atoms with Crippen LogP contribution in [0.3, 0.4) is 0 Å². The summed E-state index contributed by atoms with van der Waals surface area (Å²) in [4.78, 5) is 10.6. The standard InChI is InChI=1S/C12H17NO5/c1-4-16-9-7-10(17-5-2)12(13(14)15)11(8-9)18-6-3/h7-8H,4-6H2,1-3H3. The fraction of sp³-hybridized carbons (Fsp3) is 0.500. The summed E-state index contributed by atoms with van der Waals surface area (Å²) >= 11 is 0. The summed E-state index contributed by atoms with van der Waals surface area (Å²) in [6.07, 6.45) is 0. The molecule has 0 saturated heterocycles. The molecule has 0 aliphatic carbocycles. The number of nitrogens with zero attached hydrogens (tertiary/aromatic N) is 1. The Labute approximate surface area is 106 Å². The van der Waals surface area contributed by atoms with E-state index in [-0.39, 0.29) is 17.2 Å². The molecule has 0 unspecified atom stereocenters. The molecule has 0 aromatic heterocycles. The monoisotopic (exact) mass is 255 g/mol. The summed E-state index contributed by atoms with van der Waals surface area (Å²) in [5.74, 6) is 0.823. The van der Waals surface area contributed by atoms with Gasteiger partial charge in [-0.3, -0.25) is 10.1 Å². The third-order valence-electron chi connectivity index (χ3n) is 2.11. The molecule has 0 radical (unpaired) electrons. The van der Waals surface area contributed by atoms with Gasteiger partial charge in [-0.05, 0) is 20.8 Å². The number of nitro benzene ring substituents is 1. The lowest BCUT2D eigenvalue weighted by Crippen LogP contribution is -2.03. The molecular weight excluding hydrogens is 238 g/mol. The Morgan fingerprint density at radius 3 is 1.78 bits per heavy atom. The molecule has 0 spiro atoms. The van der Waals surface area contributed by atoms with Crippen LogP contribution in [0.15, 0.2) is 12.1 Å². The summed E-state index contributed by atoms with van der Waals surface area (Å²) in [5, 5.41) is 11.1.